The number of aryl methyl sites for hydroxylation is 4. The Morgan fingerprint density at radius 2 is 1.24 bits per heavy atom. The first-order valence-corrected chi connectivity index (χ1v) is 15.7. The van der Waals surface area contributed by atoms with Crippen molar-refractivity contribution < 1.29 is 0 Å². The van der Waals surface area contributed by atoms with Crippen LogP contribution >= 0.6 is 23.5 Å². The second-order valence-corrected chi connectivity index (χ2v) is 10.8. The number of thioether (sulfide) groups is 2. The van der Waals surface area contributed by atoms with Crippen LogP contribution in [0.2, 0.25) is 0 Å². The predicted octanol–water partition coefficient (Wildman–Crippen LogP) is 4.58. The lowest BCUT2D eigenvalue weighted by atomic mass is 10.1. The highest BCUT2D eigenvalue weighted by Gasteiger charge is 2.16. The summed E-state index contributed by atoms with van der Waals surface area (Å²) < 4.78 is 3.58. The molecule has 0 radical (unpaired) electrons. The number of nitrogens with one attached hydrogen (secondary N) is 3. The fourth-order valence-corrected chi connectivity index (χ4v) is 5.54. The smallest absolute Gasteiger partial charge is 0.261 e. The Labute approximate surface area is 250 Å². The minimum absolute atomic E-state index is 0.0700. The molecule has 12 nitrogen and oxygen atoms in total. The lowest BCUT2D eigenvalue weighted by molar-refractivity contribution is 0.717. The zero-order valence-corrected chi connectivity index (χ0v) is 25.8. The van der Waals surface area contributed by atoms with Crippen molar-refractivity contribution in [1.82, 2.24) is 49.0 Å². The minimum Gasteiger partial charge on any atom is -0.345 e. The van der Waals surface area contributed by atoms with Gasteiger partial charge in [0.25, 0.3) is 5.56 Å². The van der Waals surface area contributed by atoms with Crippen LogP contribution < -0.4 is 11.0 Å². The molecule has 0 amide bonds. The van der Waals surface area contributed by atoms with E-state index in [-0.39, 0.29) is 5.56 Å². The SMILES string of the molecule is CCn1c(=N)c(-c2cnc[nH]2)cc2c(C)nc(SC)nc21.CCn1c(=O)c(-c2cnc[nH]2)cc2c(C)nc(SC)nc21. The van der Waals surface area contributed by atoms with Gasteiger partial charge in [-0.1, -0.05) is 23.5 Å². The number of rotatable bonds is 6. The average molecular weight is 602 g/mol. The highest BCUT2D eigenvalue weighted by molar-refractivity contribution is 7.98. The van der Waals surface area contributed by atoms with Gasteiger partial charge in [0, 0.05) is 29.4 Å². The Kier molecular flexibility index (Phi) is 8.54. The van der Waals surface area contributed by atoms with Crippen molar-refractivity contribution in [2.45, 2.75) is 51.1 Å². The van der Waals surface area contributed by atoms with E-state index in [0.29, 0.717) is 40.6 Å². The van der Waals surface area contributed by atoms with E-state index < -0.39 is 0 Å². The van der Waals surface area contributed by atoms with E-state index in [0.717, 1.165) is 44.2 Å². The highest BCUT2D eigenvalue weighted by Crippen LogP contribution is 2.24. The predicted molar refractivity (Wildman–Crippen MR) is 167 cm³/mol. The van der Waals surface area contributed by atoms with Gasteiger partial charge in [-0.2, -0.15) is 0 Å². The van der Waals surface area contributed by atoms with Gasteiger partial charge in [-0.3, -0.25) is 14.8 Å². The van der Waals surface area contributed by atoms with Crippen molar-refractivity contribution in [2.24, 2.45) is 0 Å². The molecule has 0 fully saturated rings. The number of H-pyrrole nitrogens is 2. The zero-order chi connectivity index (χ0) is 30.0. The molecule has 6 aromatic heterocycles. The number of imidazole rings is 2. The molecule has 0 aliphatic heterocycles. The van der Waals surface area contributed by atoms with E-state index in [2.05, 4.69) is 39.9 Å². The maximum absolute atomic E-state index is 12.7. The van der Waals surface area contributed by atoms with Crippen LogP contribution in [0.1, 0.15) is 25.2 Å². The highest BCUT2D eigenvalue weighted by atomic mass is 32.2. The monoisotopic (exact) mass is 601 g/mol. The third-order valence-electron chi connectivity index (χ3n) is 6.85. The summed E-state index contributed by atoms with van der Waals surface area (Å²) in [6.45, 7) is 9.11. The number of pyridine rings is 2. The Hall–Kier alpha value is -4.30. The molecule has 0 spiro atoms. The maximum Gasteiger partial charge on any atom is 0.261 e. The Morgan fingerprint density at radius 1 is 0.762 bits per heavy atom. The fourth-order valence-electron chi connectivity index (χ4n) is 4.73. The van der Waals surface area contributed by atoms with Crippen molar-refractivity contribution in [3.05, 3.63) is 64.4 Å². The van der Waals surface area contributed by atoms with E-state index in [1.54, 1.807) is 29.6 Å². The Bertz CT molecular complexity index is 1850. The lowest BCUT2D eigenvalue weighted by Gasteiger charge is -2.13. The molecule has 0 bridgehead atoms. The first-order valence-electron chi connectivity index (χ1n) is 13.3. The molecule has 0 saturated carbocycles. The summed E-state index contributed by atoms with van der Waals surface area (Å²) in [5.41, 5.74) is 6.58. The van der Waals surface area contributed by atoms with Crippen LogP contribution in [0.3, 0.4) is 0 Å². The summed E-state index contributed by atoms with van der Waals surface area (Å²) in [7, 11) is 0. The van der Waals surface area contributed by atoms with Gasteiger partial charge in [-0.15, -0.1) is 0 Å². The van der Waals surface area contributed by atoms with Gasteiger partial charge < -0.3 is 14.5 Å². The van der Waals surface area contributed by atoms with Crippen LogP contribution in [0.25, 0.3) is 44.6 Å². The molecule has 6 rings (SSSR count). The molecule has 0 unspecified atom stereocenters. The second kappa shape index (κ2) is 12.3. The molecule has 0 aliphatic rings. The fraction of sp³-hybridized carbons (Fsp3) is 0.286. The summed E-state index contributed by atoms with van der Waals surface area (Å²) in [5.74, 6) is 0. The summed E-state index contributed by atoms with van der Waals surface area (Å²) in [4.78, 5) is 44.8. The van der Waals surface area contributed by atoms with Crippen molar-refractivity contribution in [3.8, 4) is 22.5 Å². The molecule has 216 valence electrons. The first-order chi connectivity index (χ1) is 20.3. The number of aromatic nitrogens is 10. The van der Waals surface area contributed by atoms with E-state index in [4.69, 9.17) is 5.41 Å². The quantitative estimate of drug-likeness (QED) is 0.183. The van der Waals surface area contributed by atoms with Gasteiger partial charge in [0.2, 0.25) is 0 Å². The number of hydrogen-bond acceptors (Lipinski definition) is 10. The van der Waals surface area contributed by atoms with Crippen molar-refractivity contribution in [2.75, 3.05) is 12.5 Å². The molecule has 6 aromatic rings. The molecule has 14 heteroatoms. The van der Waals surface area contributed by atoms with E-state index in [9.17, 15) is 4.79 Å². The number of hydrogen-bond donors (Lipinski definition) is 3. The molecule has 0 atom stereocenters. The van der Waals surface area contributed by atoms with Gasteiger partial charge in [-0.05, 0) is 52.3 Å². The molecular formula is C28H31N11OS2. The molecule has 3 N–H and O–H groups in total. The summed E-state index contributed by atoms with van der Waals surface area (Å²) in [6.07, 6.45) is 10.4. The van der Waals surface area contributed by atoms with Gasteiger partial charge in [0.1, 0.15) is 16.8 Å². The minimum atomic E-state index is -0.0700. The third-order valence-corrected chi connectivity index (χ3v) is 7.95. The van der Waals surface area contributed by atoms with Gasteiger partial charge in [0.05, 0.1) is 53.4 Å². The van der Waals surface area contributed by atoms with Gasteiger partial charge in [0.15, 0.2) is 10.3 Å². The van der Waals surface area contributed by atoms with E-state index in [1.165, 1.54) is 23.5 Å². The Balaban J connectivity index is 0.000000168. The lowest BCUT2D eigenvalue weighted by Crippen LogP contribution is -2.23. The molecule has 0 saturated heterocycles. The molecule has 0 aliphatic carbocycles. The van der Waals surface area contributed by atoms with Crippen LogP contribution in [0.4, 0.5) is 0 Å². The van der Waals surface area contributed by atoms with Crippen LogP contribution in [-0.2, 0) is 13.1 Å². The van der Waals surface area contributed by atoms with Crippen LogP contribution in [-0.4, -0.2) is 61.5 Å². The van der Waals surface area contributed by atoms with E-state index >= 15 is 0 Å². The second-order valence-electron chi connectivity index (χ2n) is 9.25. The Morgan fingerprint density at radius 3 is 1.69 bits per heavy atom. The molecule has 6 heterocycles. The largest absolute Gasteiger partial charge is 0.345 e. The number of aromatic amines is 2. The molecule has 0 aromatic carbocycles. The number of fused-ring (bicyclic) bond motifs is 2. The van der Waals surface area contributed by atoms with Crippen molar-refractivity contribution in [1.29, 1.82) is 5.41 Å². The zero-order valence-electron chi connectivity index (χ0n) is 24.2. The third kappa shape index (κ3) is 5.34. The standard InChI is InChI=1S/C14H16N6S.C14H15N5OS/c1-4-20-12(15)10(11-6-16-7-17-11)5-9-8(2)18-14(21-3)19-13(9)20;1-4-19-12-9(8(2)17-14(18-12)21-3)5-10(13(19)20)11-6-15-7-16-11/h5-7,15H,4H2,1-3H3,(H,16,17);5-7H,4H2,1-3H3,(H,15,16). The van der Waals surface area contributed by atoms with Crippen molar-refractivity contribution >= 4 is 45.6 Å². The molecule has 42 heavy (non-hydrogen) atoms. The first kappa shape index (κ1) is 29.2. The van der Waals surface area contributed by atoms with Crippen LogP contribution in [0, 0.1) is 19.3 Å². The van der Waals surface area contributed by atoms with E-state index in [1.807, 2.05) is 56.9 Å². The topological polar surface area (TPSA) is 160 Å². The number of nitrogens with zero attached hydrogens (tertiary/aromatic N) is 8. The molecular weight excluding hydrogens is 571 g/mol. The van der Waals surface area contributed by atoms with Gasteiger partial charge >= 0.3 is 0 Å². The average Bonchev–Trinajstić information content (AvgIpc) is 3.72. The van der Waals surface area contributed by atoms with Crippen LogP contribution in [0.15, 0.2) is 52.3 Å². The van der Waals surface area contributed by atoms with Crippen LogP contribution in [0.5, 0.6) is 0 Å². The summed E-state index contributed by atoms with van der Waals surface area (Å²) in [6, 6.07) is 3.81. The maximum atomic E-state index is 12.7. The van der Waals surface area contributed by atoms with Gasteiger partial charge in [-0.25, -0.2) is 29.9 Å². The summed E-state index contributed by atoms with van der Waals surface area (Å²) >= 11 is 2.98. The van der Waals surface area contributed by atoms with Crippen molar-refractivity contribution in [3.63, 3.8) is 0 Å². The summed E-state index contributed by atoms with van der Waals surface area (Å²) in [5, 5.41) is 11.7. The normalized spacial score (nSPS) is 11.2.